The van der Waals surface area contributed by atoms with E-state index in [1.165, 1.54) is 72.3 Å². The van der Waals surface area contributed by atoms with Gasteiger partial charge in [0.1, 0.15) is 0 Å². The number of anilines is 3. The molecular formula is C47H49N. The van der Waals surface area contributed by atoms with Crippen molar-refractivity contribution in [3.05, 3.63) is 161 Å². The van der Waals surface area contributed by atoms with Crippen molar-refractivity contribution in [2.24, 2.45) is 0 Å². The number of hydrogen-bond acceptors (Lipinski definition) is 1. The molecule has 7 rings (SSSR count). The van der Waals surface area contributed by atoms with Crippen molar-refractivity contribution in [1.29, 1.82) is 0 Å². The Morgan fingerprint density at radius 1 is 0.500 bits per heavy atom. The average molecular weight is 628 g/mol. The van der Waals surface area contributed by atoms with Gasteiger partial charge in [-0.2, -0.15) is 0 Å². The Kier molecular flexibility index (Phi) is 7.86. The molecule has 242 valence electrons. The molecule has 0 aliphatic heterocycles. The van der Waals surface area contributed by atoms with E-state index in [1.54, 1.807) is 0 Å². The van der Waals surface area contributed by atoms with Crippen molar-refractivity contribution in [1.82, 2.24) is 0 Å². The SMILES string of the molecule is CC(C)(C)c1ccc(N(c2ccc(C(C)(C)C)cc2)c2cc3c(c4ccccc24)-c2ccc(CCc4ccccc4)cc2C3(C)C)cc1. The van der Waals surface area contributed by atoms with E-state index in [1.807, 2.05) is 0 Å². The predicted octanol–water partition coefficient (Wildman–Crippen LogP) is 13.0. The quantitative estimate of drug-likeness (QED) is 0.178. The Hall–Kier alpha value is -4.62. The third-order valence-electron chi connectivity index (χ3n) is 10.5. The van der Waals surface area contributed by atoms with Gasteiger partial charge in [0, 0.05) is 22.2 Å². The number of nitrogens with zero attached hydrogens (tertiary/aromatic N) is 1. The third-order valence-corrected chi connectivity index (χ3v) is 10.5. The Balaban J connectivity index is 1.39. The molecule has 0 N–H and O–H groups in total. The van der Waals surface area contributed by atoms with Gasteiger partial charge in [-0.25, -0.2) is 0 Å². The van der Waals surface area contributed by atoms with Crippen LogP contribution in [0.5, 0.6) is 0 Å². The Morgan fingerprint density at radius 3 is 1.58 bits per heavy atom. The molecule has 0 fully saturated rings. The van der Waals surface area contributed by atoms with Gasteiger partial charge in [-0.05, 0) is 104 Å². The molecule has 0 spiro atoms. The van der Waals surface area contributed by atoms with Crippen LogP contribution >= 0.6 is 0 Å². The van der Waals surface area contributed by atoms with Crippen molar-refractivity contribution >= 4 is 27.8 Å². The first-order valence-corrected chi connectivity index (χ1v) is 17.6. The molecule has 1 nitrogen and oxygen atoms in total. The molecular weight excluding hydrogens is 579 g/mol. The van der Waals surface area contributed by atoms with Crippen LogP contribution in [0.1, 0.15) is 88.8 Å². The summed E-state index contributed by atoms with van der Waals surface area (Å²) >= 11 is 0. The van der Waals surface area contributed by atoms with Crippen molar-refractivity contribution in [2.45, 2.75) is 84.5 Å². The van der Waals surface area contributed by atoms with Crippen LogP contribution in [-0.4, -0.2) is 0 Å². The first kappa shape index (κ1) is 32.0. The predicted molar refractivity (Wildman–Crippen MR) is 207 cm³/mol. The highest BCUT2D eigenvalue weighted by molar-refractivity contribution is 6.10. The van der Waals surface area contributed by atoms with Gasteiger partial charge in [0.2, 0.25) is 0 Å². The van der Waals surface area contributed by atoms with E-state index in [0.29, 0.717) is 0 Å². The van der Waals surface area contributed by atoms with E-state index in [4.69, 9.17) is 0 Å². The van der Waals surface area contributed by atoms with Gasteiger partial charge in [0.05, 0.1) is 5.69 Å². The molecule has 0 heterocycles. The lowest BCUT2D eigenvalue weighted by Gasteiger charge is -2.31. The van der Waals surface area contributed by atoms with Gasteiger partial charge in [0.15, 0.2) is 0 Å². The monoisotopic (exact) mass is 627 g/mol. The summed E-state index contributed by atoms with van der Waals surface area (Å²) in [4.78, 5) is 2.48. The molecule has 0 saturated carbocycles. The standard InChI is InChI=1S/C47H49N/c1-45(2,3)34-21-25-36(26-22-34)48(37-27-23-35(24-28-37)46(4,5)6)43-31-42-44(39-17-13-12-16-38(39)43)40-29-20-33(30-41(40)47(42,7)8)19-18-32-14-10-9-11-15-32/h9-17,20-31H,18-19H2,1-8H3. The summed E-state index contributed by atoms with van der Waals surface area (Å²) in [5.41, 5.74) is 14.7. The molecule has 0 radical (unpaired) electrons. The number of aryl methyl sites for hydroxylation is 2. The smallest absolute Gasteiger partial charge is 0.0543 e. The molecule has 0 bridgehead atoms. The summed E-state index contributed by atoms with van der Waals surface area (Å²) in [7, 11) is 0. The zero-order chi connectivity index (χ0) is 33.8. The number of hydrogen-bond donors (Lipinski definition) is 0. The number of fused-ring (bicyclic) bond motifs is 5. The molecule has 0 amide bonds. The van der Waals surface area contributed by atoms with Gasteiger partial charge in [-0.15, -0.1) is 0 Å². The zero-order valence-electron chi connectivity index (χ0n) is 30.0. The first-order chi connectivity index (χ1) is 22.8. The summed E-state index contributed by atoms with van der Waals surface area (Å²) in [6.07, 6.45) is 2.09. The normalized spacial score (nSPS) is 13.8. The molecule has 0 saturated heterocycles. The Morgan fingerprint density at radius 2 is 1.02 bits per heavy atom. The second-order valence-electron chi connectivity index (χ2n) is 16.3. The molecule has 48 heavy (non-hydrogen) atoms. The maximum absolute atomic E-state index is 2.50. The summed E-state index contributed by atoms with van der Waals surface area (Å²) in [5.74, 6) is 0. The lowest BCUT2D eigenvalue weighted by Crippen LogP contribution is -2.18. The average Bonchev–Trinajstić information content (AvgIpc) is 3.29. The van der Waals surface area contributed by atoms with Crippen LogP contribution in [0, 0.1) is 0 Å². The fraction of sp³-hybridized carbons (Fsp3) is 0.277. The zero-order valence-corrected chi connectivity index (χ0v) is 30.0. The minimum Gasteiger partial charge on any atom is -0.310 e. The van der Waals surface area contributed by atoms with Crippen molar-refractivity contribution in [3.63, 3.8) is 0 Å². The van der Waals surface area contributed by atoms with Crippen LogP contribution in [-0.2, 0) is 29.1 Å². The van der Waals surface area contributed by atoms with E-state index in [2.05, 4.69) is 188 Å². The minimum absolute atomic E-state index is 0.0910. The molecule has 0 aromatic heterocycles. The van der Waals surface area contributed by atoms with E-state index >= 15 is 0 Å². The van der Waals surface area contributed by atoms with E-state index in [-0.39, 0.29) is 16.2 Å². The van der Waals surface area contributed by atoms with Crippen LogP contribution in [0.3, 0.4) is 0 Å². The second kappa shape index (κ2) is 11.8. The Bertz CT molecular complexity index is 2030. The summed E-state index contributed by atoms with van der Waals surface area (Å²) < 4.78 is 0. The lowest BCUT2D eigenvalue weighted by atomic mass is 9.81. The molecule has 6 aromatic carbocycles. The van der Waals surface area contributed by atoms with Gasteiger partial charge in [0.25, 0.3) is 0 Å². The summed E-state index contributed by atoms with van der Waals surface area (Å²) in [6, 6.07) is 48.0. The van der Waals surface area contributed by atoms with Gasteiger partial charge in [-0.1, -0.05) is 152 Å². The largest absolute Gasteiger partial charge is 0.310 e. The second-order valence-corrected chi connectivity index (χ2v) is 16.3. The highest BCUT2D eigenvalue weighted by Gasteiger charge is 2.38. The molecule has 0 atom stereocenters. The van der Waals surface area contributed by atoms with Gasteiger partial charge < -0.3 is 4.90 Å². The fourth-order valence-electron chi connectivity index (χ4n) is 7.53. The van der Waals surface area contributed by atoms with Crippen LogP contribution in [0.25, 0.3) is 21.9 Å². The van der Waals surface area contributed by atoms with Crippen LogP contribution in [0.4, 0.5) is 17.1 Å². The topological polar surface area (TPSA) is 3.24 Å². The number of rotatable bonds is 6. The molecule has 1 heteroatoms. The van der Waals surface area contributed by atoms with Crippen molar-refractivity contribution in [2.75, 3.05) is 4.90 Å². The highest BCUT2D eigenvalue weighted by atomic mass is 15.1. The molecule has 1 aliphatic carbocycles. The van der Waals surface area contributed by atoms with Crippen molar-refractivity contribution in [3.8, 4) is 11.1 Å². The van der Waals surface area contributed by atoms with E-state index in [9.17, 15) is 0 Å². The van der Waals surface area contributed by atoms with E-state index < -0.39 is 0 Å². The van der Waals surface area contributed by atoms with Crippen LogP contribution in [0.2, 0.25) is 0 Å². The van der Waals surface area contributed by atoms with E-state index in [0.717, 1.165) is 12.8 Å². The summed E-state index contributed by atoms with van der Waals surface area (Å²) in [6.45, 7) is 18.5. The molecule has 0 unspecified atom stereocenters. The molecule has 1 aliphatic rings. The van der Waals surface area contributed by atoms with Gasteiger partial charge >= 0.3 is 0 Å². The first-order valence-electron chi connectivity index (χ1n) is 17.6. The van der Waals surface area contributed by atoms with Crippen LogP contribution < -0.4 is 4.90 Å². The molecule has 6 aromatic rings. The maximum atomic E-state index is 2.50. The summed E-state index contributed by atoms with van der Waals surface area (Å²) in [5, 5.41) is 2.59. The fourth-order valence-corrected chi connectivity index (χ4v) is 7.53. The maximum Gasteiger partial charge on any atom is 0.0543 e. The third kappa shape index (κ3) is 5.74. The lowest BCUT2D eigenvalue weighted by molar-refractivity contribution is 0.590. The van der Waals surface area contributed by atoms with Gasteiger partial charge in [-0.3, -0.25) is 0 Å². The Labute approximate surface area is 288 Å². The number of benzene rings is 6. The van der Waals surface area contributed by atoms with Crippen LogP contribution in [0.15, 0.2) is 127 Å². The van der Waals surface area contributed by atoms with Crippen molar-refractivity contribution < 1.29 is 0 Å². The highest BCUT2D eigenvalue weighted by Crippen LogP contribution is 2.54. The minimum atomic E-state index is -0.135.